The molecular weight excluding hydrogens is 583 g/mol. The molecule has 0 radical (unpaired) electrons. The molecule has 7 heteroatoms. The molecule has 0 aliphatic rings. The third-order valence-electron chi connectivity index (χ3n) is 4.80. The van der Waals surface area contributed by atoms with E-state index in [1.165, 1.54) is 5.56 Å². The topological polar surface area (TPSA) is 59.9 Å². The van der Waals surface area contributed by atoms with E-state index in [4.69, 9.17) is 9.47 Å². The summed E-state index contributed by atoms with van der Waals surface area (Å²) in [6.07, 6.45) is 1.89. The maximum absolute atomic E-state index is 12.3. The SMILES string of the molecule is COc1cc(/C=N\NC(=O)Cc2ccc(C)cc2C)cc(I)c1OCc1ccc(Br)cc1. The lowest BCUT2D eigenvalue weighted by Crippen LogP contribution is -2.20. The van der Waals surface area contributed by atoms with Crippen LogP contribution in [0.25, 0.3) is 0 Å². The first-order chi connectivity index (χ1) is 15.4. The Hall–Kier alpha value is -2.39. The normalized spacial score (nSPS) is 10.9. The zero-order valence-corrected chi connectivity index (χ0v) is 21.9. The Kier molecular flexibility index (Phi) is 8.69. The number of carbonyl (C=O) groups is 1. The summed E-state index contributed by atoms with van der Waals surface area (Å²) in [5.41, 5.74) is 7.72. The Morgan fingerprint density at radius 2 is 1.88 bits per heavy atom. The van der Waals surface area contributed by atoms with Gasteiger partial charge in [0.1, 0.15) is 6.61 Å². The van der Waals surface area contributed by atoms with E-state index in [9.17, 15) is 4.79 Å². The summed E-state index contributed by atoms with van der Waals surface area (Å²) in [5, 5.41) is 4.10. The standard InChI is InChI=1S/C25H24BrIN2O3/c1-16-4-7-20(17(2)10-16)13-24(30)29-28-14-19-11-22(27)25(23(12-19)31-3)32-15-18-5-8-21(26)9-6-18/h4-12,14H,13,15H2,1-3H3,(H,29,30)/b28-14-. The number of halogens is 2. The molecule has 0 aliphatic carbocycles. The molecule has 1 amide bonds. The molecule has 0 saturated carbocycles. The first kappa shape index (κ1) is 24.3. The second kappa shape index (κ2) is 11.5. The molecule has 0 heterocycles. The molecule has 166 valence electrons. The number of ether oxygens (including phenoxy) is 2. The van der Waals surface area contributed by atoms with Crippen molar-refractivity contribution < 1.29 is 14.3 Å². The maximum Gasteiger partial charge on any atom is 0.244 e. The predicted molar refractivity (Wildman–Crippen MR) is 140 cm³/mol. The monoisotopic (exact) mass is 606 g/mol. The second-order valence-electron chi connectivity index (χ2n) is 7.35. The van der Waals surface area contributed by atoms with E-state index >= 15 is 0 Å². The van der Waals surface area contributed by atoms with Crippen molar-refractivity contribution in [3.63, 3.8) is 0 Å². The zero-order chi connectivity index (χ0) is 23.1. The number of hydrazone groups is 1. The second-order valence-corrected chi connectivity index (χ2v) is 9.43. The van der Waals surface area contributed by atoms with Crippen LogP contribution in [-0.2, 0) is 17.8 Å². The Morgan fingerprint density at radius 3 is 2.56 bits per heavy atom. The molecule has 1 N–H and O–H groups in total. The lowest BCUT2D eigenvalue weighted by Gasteiger charge is -2.13. The van der Waals surface area contributed by atoms with E-state index in [0.29, 0.717) is 18.1 Å². The van der Waals surface area contributed by atoms with Crippen LogP contribution in [0.5, 0.6) is 11.5 Å². The fraction of sp³-hybridized carbons (Fsp3) is 0.200. The number of carbonyl (C=O) groups excluding carboxylic acids is 1. The zero-order valence-electron chi connectivity index (χ0n) is 18.1. The summed E-state index contributed by atoms with van der Waals surface area (Å²) in [7, 11) is 1.60. The fourth-order valence-electron chi connectivity index (χ4n) is 3.13. The van der Waals surface area contributed by atoms with Gasteiger partial charge in [0.25, 0.3) is 0 Å². The minimum Gasteiger partial charge on any atom is -0.493 e. The third-order valence-corrected chi connectivity index (χ3v) is 6.13. The molecule has 5 nitrogen and oxygen atoms in total. The summed E-state index contributed by atoms with van der Waals surface area (Å²) in [6, 6.07) is 17.8. The van der Waals surface area contributed by atoms with Crippen molar-refractivity contribution >= 4 is 50.6 Å². The van der Waals surface area contributed by atoms with Crippen LogP contribution in [0.15, 0.2) is 64.2 Å². The van der Waals surface area contributed by atoms with Gasteiger partial charge >= 0.3 is 0 Å². The highest BCUT2D eigenvalue weighted by atomic mass is 127. The summed E-state index contributed by atoms with van der Waals surface area (Å²) >= 11 is 5.64. The number of benzene rings is 3. The van der Waals surface area contributed by atoms with Gasteiger partial charge in [0.2, 0.25) is 5.91 Å². The minimum absolute atomic E-state index is 0.163. The largest absolute Gasteiger partial charge is 0.493 e. The summed E-state index contributed by atoms with van der Waals surface area (Å²) < 4.78 is 13.4. The Balaban J connectivity index is 1.63. The van der Waals surface area contributed by atoms with Crippen LogP contribution in [-0.4, -0.2) is 19.2 Å². The van der Waals surface area contributed by atoms with Gasteiger partial charge in [-0.25, -0.2) is 5.43 Å². The van der Waals surface area contributed by atoms with Crippen molar-refractivity contribution in [2.75, 3.05) is 7.11 Å². The average Bonchev–Trinajstić information content (AvgIpc) is 2.76. The molecule has 0 saturated heterocycles. The van der Waals surface area contributed by atoms with Gasteiger partial charge in [-0.3, -0.25) is 4.79 Å². The highest BCUT2D eigenvalue weighted by molar-refractivity contribution is 14.1. The van der Waals surface area contributed by atoms with E-state index in [1.807, 2.05) is 62.4 Å². The summed E-state index contributed by atoms with van der Waals surface area (Å²) in [4.78, 5) is 12.3. The quantitative estimate of drug-likeness (QED) is 0.196. The number of aryl methyl sites for hydroxylation is 2. The smallest absolute Gasteiger partial charge is 0.244 e. The van der Waals surface area contributed by atoms with E-state index in [1.54, 1.807) is 13.3 Å². The third kappa shape index (κ3) is 6.80. The first-order valence-electron chi connectivity index (χ1n) is 9.98. The van der Waals surface area contributed by atoms with Crippen LogP contribution in [0.3, 0.4) is 0 Å². The fourth-order valence-corrected chi connectivity index (χ4v) is 4.17. The number of amides is 1. The van der Waals surface area contributed by atoms with Gasteiger partial charge in [0, 0.05) is 4.47 Å². The van der Waals surface area contributed by atoms with Crippen molar-refractivity contribution in [1.29, 1.82) is 0 Å². The van der Waals surface area contributed by atoms with Crippen LogP contribution in [0.2, 0.25) is 0 Å². The van der Waals surface area contributed by atoms with Crippen molar-refractivity contribution in [2.45, 2.75) is 26.9 Å². The molecule has 0 fully saturated rings. The molecule has 0 bridgehead atoms. The molecule has 0 spiro atoms. The molecule has 0 aromatic heterocycles. The first-order valence-corrected chi connectivity index (χ1v) is 11.9. The number of nitrogens with zero attached hydrogens (tertiary/aromatic N) is 1. The van der Waals surface area contributed by atoms with Crippen LogP contribution in [0.1, 0.15) is 27.8 Å². The van der Waals surface area contributed by atoms with Gasteiger partial charge in [-0.15, -0.1) is 0 Å². The van der Waals surface area contributed by atoms with Crippen LogP contribution in [0, 0.1) is 17.4 Å². The molecule has 32 heavy (non-hydrogen) atoms. The lowest BCUT2D eigenvalue weighted by molar-refractivity contribution is -0.120. The average molecular weight is 607 g/mol. The van der Waals surface area contributed by atoms with Gasteiger partial charge in [0.15, 0.2) is 11.5 Å². The highest BCUT2D eigenvalue weighted by Gasteiger charge is 2.12. The Labute approximate surface area is 210 Å². The summed E-state index contributed by atoms with van der Waals surface area (Å²) in [5.74, 6) is 1.12. The number of methoxy groups -OCH3 is 1. The minimum atomic E-state index is -0.163. The highest BCUT2D eigenvalue weighted by Crippen LogP contribution is 2.34. The van der Waals surface area contributed by atoms with Gasteiger partial charge in [-0.1, -0.05) is 51.8 Å². The van der Waals surface area contributed by atoms with Crippen LogP contribution >= 0.6 is 38.5 Å². The Morgan fingerprint density at radius 1 is 1.12 bits per heavy atom. The van der Waals surface area contributed by atoms with E-state index < -0.39 is 0 Å². The van der Waals surface area contributed by atoms with E-state index in [2.05, 4.69) is 55.1 Å². The summed E-state index contributed by atoms with van der Waals surface area (Å²) in [6.45, 7) is 4.48. The predicted octanol–water partition coefficient (Wildman–Crippen LogP) is 5.95. The number of hydrogen-bond donors (Lipinski definition) is 1. The van der Waals surface area contributed by atoms with Crippen molar-refractivity contribution in [3.05, 3.63) is 90.5 Å². The Bertz CT molecular complexity index is 1130. The van der Waals surface area contributed by atoms with Gasteiger partial charge in [-0.2, -0.15) is 5.10 Å². The van der Waals surface area contributed by atoms with Crippen molar-refractivity contribution in [1.82, 2.24) is 5.43 Å². The van der Waals surface area contributed by atoms with Gasteiger partial charge in [0.05, 0.1) is 23.3 Å². The number of nitrogens with one attached hydrogen (secondary N) is 1. The molecular formula is C25H24BrIN2O3. The molecule has 3 aromatic carbocycles. The van der Waals surface area contributed by atoms with Crippen LogP contribution < -0.4 is 14.9 Å². The molecule has 3 rings (SSSR count). The molecule has 3 aromatic rings. The number of hydrogen-bond acceptors (Lipinski definition) is 4. The molecule has 0 atom stereocenters. The maximum atomic E-state index is 12.3. The van der Waals surface area contributed by atoms with E-state index in [0.717, 1.165) is 30.3 Å². The number of rotatable bonds is 8. The molecule has 0 unspecified atom stereocenters. The van der Waals surface area contributed by atoms with Gasteiger partial charge in [-0.05, 0) is 83.0 Å². The van der Waals surface area contributed by atoms with E-state index in [-0.39, 0.29) is 12.3 Å². The van der Waals surface area contributed by atoms with Crippen molar-refractivity contribution in [2.24, 2.45) is 5.10 Å². The molecule has 0 aliphatic heterocycles. The lowest BCUT2D eigenvalue weighted by atomic mass is 10.0. The van der Waals surface area contributed by atoms with Crippen LogP contribution in [0.4, 0.5) is 0 Å². The van der Waals surface area contributed by atoms with Crippen molar-refractivity contribution in [3.8, 4) is 11.5 Å². The van der Waals surface area contributed by atoms with Gasteiger partial charge < -0.3 is 9.47 Å².